The first-order valence-electron chi connectivity index (χ1n) is 3.86. The van der Waals surface area contributed by atoms with Crippen molar-refractivity contribution >= 4 is 22.5 Å². The molecule has 0 amide bonds. The second kappa shape index (κ2) is 3.27. The van der Waals surface area contributed by atoms with Gasteiger partial charge in [-0.2, -0.15) is 0 Å². The summed E-state index contributed by atoms with van der Waals surface area (Å²) in [5.41, 5.74) is -1.01. The van der Waals surface area contributed by atoms with Gasteiger partial charge in [0.05, 0.1) is 10.9 Å². The molecule has 0 fully saturated rings. The predicted molar refractivity (Wildman–Crippen MR) is 49.5 cm³/mol. The van der Waals surface area contributed by atoms with E-state index in [9.17, 15) is 18.0 Å². The van der Waals surface area contributed by atoms with Gasteiger partial charge in [0.25, 0.3) is 0 Å². The third-order valence-corrected chi connectivity index (χ3v) is 2.24. The van der Waals surface area contributed by atoms with E-state index < -0.39 is 28.3 Å². The summed E-state index contributed by atoms with van der Waals surface area (Å²) in [6.45, 7) is 0. The normalized spacial score (nSPS) is 10.9. The highest BCUT2D eigenvalue weighted by Gasteiger charge is 2.17. The molecular weight excluding hydrogens is 231 g/mol. The molecule has 2 rings (SSSR count). The van der Waals surface area contributed by atoms with E-state index in [0.29, 0.717) is 6.07 Å². The Morgan fingerprint density at radius 1 is 1.20 bits per heavy atom. The molecule has 15 heavy (non-hydrogen) atoms. The standard InChI is InChI=1S/C9H3ClF3NO/c10-3-2-14-5-1-4(11)7(12)8(13)6(5)9(3)15/h1-2H,(H,14,15). The summed E-state index contributed by atoms with van der Waals surface area (Å²) in [5, 5.41) is -0.867. The molecule has 0 unspecified atom stereocenters. The molecule has 0 saturated carbocycles. The van der Waals surface area contributed by atoms with Gasteiger partial charge in [-0.3, -0.25) is 4.79 Å². The molecule has 1 aromatic carbocycles. The number of hydrogen-bond acceptors (Lipinski definition) is 1. The maximum atomic E-state index is 13.2. The number of aromatic amines is 1. The van der Waals surface area contributed by atoms with Crippen molar-refractivity contribution in [1.82, 2.24) is 4.98 Å². The molecule has 2 nitrogen and oxygen atoms in total. The van der Waals surface area contributed by atoms with Crippen molar-refractivity contribution in [2.75, 3.05) is 0 Å². The second-order valence-corrected chi connectivity index (χ2v) is 3.28. The Bertz CT molecular complexity index is 608. The van der Waals surface area contributed by atoms with E-state index in [-0.39, 0.29) is 10.5 Å². The lowest BCUT2D eigenvalue weighted by Gasteiger charge is -2.01. The summed E-state index contributed by atoms with van der Waals surface area (Å²) < 4.78 is 38.8. The van der Waals surface area contributed by atoms with Crippen LogP contribution in [0.1, 0.15) is 0 Å². The van der Waals surface area contributed by atoms with E-state index in [1.807, 2.05) is 0 Å². The second-order valence-electron chi connectivity index (χ2n) is 2.87. The van der Waals surface area contributed by atoms with Crippen LogP contribution in [-0.2, 0) is 0 Å². The molecule has 0 saturated heterocycles. The minimum Gasteiger partial charge on any atom is -0.359 e. The van der Waals surface area contributed by atoms with Gasteiger partial charge in [-0.25, -0.2) is 13.2 Å². The van der Waals surface area contributed by atoms with Gasteiger partial charge >= 0.3 is 0 Å². The van der Waals surface area contributed by atoms with Crippen LogP contribution >= 0.6 is 11.6 Å². The molecule has 0 bridgehead atoms. The Labute approximate surface area is 86.3 Å². The summed E-state index contributed by atoms with van der Waals surface area (Å²) >= 11 is 5.43. The molecule has 0 aliphatic carbocycles. The quantitative estimate of drug-likeness (QED) is 0.697. The summed E-state index contributed by atoms with van der Waals surface area (Å²) in [4.78, 5) is 13.7. The van der Waals surface area contributed by atoms with Crippen LogP contribution in [0.15, 0.2) is 17.1 Å². The number of H-pyrrole nitrogens is 1. The van der Waals surface area contributed by atoms with E-state index in [1.165, 1.54) is 0 Å². The van der Waals surface area contributed by atoms with Crippen LogP contribution in [0.25, 0.3) is 10.9 Å². The monoisotopic (exact) mass is 233 g/mol. The smallest absolute Gasteiger partial charge is 0.211 e. The molecule has 2 aromatic rings. The summed E-state index contributed by atoms with van der Waals surface area (Å²) in [6.07, 6.45) is 1.09. The fourth-order valence-electron chi connectivity index (χ4n) is 1.26. The van der Waals surface area contributed by atoms with Crippen LogP contribution in [0.3, 0.4) is 0 Å². The van der Waals surface area contributed by atoms with Crippen LogP contribution in [-0.4, -0.2) is 4.98 Å². The van der Waals surface area contributed by atoms with Gasteiger partial charge in [0.1, 0.15) is 5.02 Å². The summed E-state index contributed by atoms with van der Waals surface area (Å²) in [5.74, 6) is -4.58. The number of halogens is 4. The number of nitrogens with one attached hydrogen (secondary N) is 1. The van der Waals surface area contributed by atoms with Crippen molar-refractivity contribution in [3.05, 3.63) is 45.0 Å². The maximum Gasteiger partial charge on any atom is 0.211 e. The topological polar surface area (TPSA) is 32.9 Å². The first-order valence-corrected chi connectivity index (χ1v) is 4.24. The van der Waals surface area contributed by atoms with Gasteiger partial charge in [-0.05, 0) is 0 Å². The highest BCUT2D eigenvalue weighted by Crippen LogP contribution is 2.19. The van der Waals surface area contributed by atoms with Gasteiger partial charge in [0.2, 0.25) is 5.43 Å². The summed E-state index contributed by atoms with van der Waals surface area (Å²) in [7, 11) is 0. The highest BCUT2D eigenvalue weighted by atomic mass is 35.5. The molecule has 6 heteroatoms. The van der Waals surface area contributed by atoms with E-state index in [2.05, 4.69) is 4.98 Å². The third-order valence-electron chi connectivity index (χ3n) is 1.96. The first kappa shape index (κ1) is 10.0. The molecule has 78 valence electrons. The van der Waals surface area contributed by atoms with Crippen molar-refractivity contribution in [2.45, 2.75) is 0 Å². The van der Waals surface area contributed by atoms with Gasteiger partial charge in [-0.15, -0.1) is 0 Å². The van der Waals surface area contributed by atoms with Gasteiger partial charge < -0.3 is 4.98 Å². The Hall–Kier alpha value is -1.49. The molecule has 0 aliphatic heterocycles. The number of aromatic nitrogens is 1. The van der Waals surface area contributed by atoms with Crippen molar-refractivity contribution in [3.8, 4) is 0 Å². The Morgan fingerprint density at radius 3 is 2.53 bits per heavy atom. The average molecular weight is 234 g/mol. The minimum absolute atomic E-state index is 0.138. The zero-order valence-corrected chi connectivity index (χ0v) is 7.83. The predicted octanol–water partition coefficient (Wildman–Crippen LogP) is 2.60. The maximum absolute atomic E-state index is 13.2. The van der Waals surface area contributed by atoms with E-state index in [4.69, 9.17) is 11.6 Å². The SMILES string of the molecule is O=c1c(Cl)c[nH]c2cc(F)c(F)c(F)c12. The molecule has 1 N–H and O–H groups in total. The number of benzene rings is 1. The fourth-order valence-corrected chi connectivity index (χ4v) is 1.41. The van der Waals surface area contributed by atoms with Crippen LogP contribution in [0.5, 0.6) is 0 Å². The fraction of sp³-hybridized carbons (Fsp3) is 0. The molecule has 0 spiro atoms. The number of fused-ring (bicyclic) bond motifs is 1. The lowest BCUT2D eigenvalue weighted by Crippen LogP contribution is -2.08. The van der Waals surface area contributed by atoms with E-state index >= 15 is 0 Å². The van der Waals surface area contributed by atoms with Crippen LogP contribution in [0.2, 0.25) is 5.02 Å². The Kier molecular flexibility index (Phi) is 2.19. The zero-order valence-electron chi connectivity index (χ0n) is 7.07. The van der Waals surface area contributed by atoms with Gasteiger partial charge in [0, 0.05) is 12.3 Å². The lowest BCUT2D eigenvalue weighted by atomic mass is 10.2. The number of pyridine rings is 1. The average Bonchev–Trinajstić information content (AvgIpc) is 2.20. The molecule has 1 aromatic heterocycles. The molecular formula is C9H3ClF3NO. The molecule has 0 aliphatic rings. The van der Waals surface area contributed by atoms with Crippen molar-refractivity contribution in [1.29, 1.82) is 0 Å². The molecule has 0 atom stereocenters. The minimum atomic E-state index is -1.68. The largest absolute Gasteiger partial charge is 0.359 e. The lowest BCUT2D eigenvalue weighted by molar-refractivity contribution is 0.453. The van der Waals surface area contributed by atoms with E-state index in [0.717, 1.165) is 6.20 Å². The highest BCUT2D eigenvalue weighted by molar-refractivity contribution is 6.31. The number of hydrogen-bond donors (Lipinski definition) is 1. The van der Waals surface area contributed by atoms with Crippen LogP contribution < -0.4 is 5.43 Å². The molecule has 0 radical (unpaired) electrons. The third kappa shape index (κ3) is 1.39. The summed E-state index contributed by atoms with van der Waals surface area (Å²) in [6, 6.07) is 0.700. The van der Waals surface area contributed by atoms with Crippen molar-refractivity contribution < 1.29 is 13.2 Å². The van der Waals surface area contributed by atoms with Gasteiger partial charge in [0.15, 0.2) is 17.5 Å². The van der Waals surface area contributed by atoms with E-state index in [1.54, 1.807) is 0 Å². The first-order chi connectivity index (χ1) is 7.02. The Balaban J connectivity index is 3.07. The van der Waals surface area contributed by atoms with Crippen molar-refractivity contribution in [2.24, 2.45) is 0 Å². The van der Waals surface area contributed by atoms with Gasteiger partial charge in [-0.1, -0.05) is 11.6 Å². The van der Waals surface area contributed by atoms with Crippen molar-refractivity contribution in [3.63, 3.8) is 0 Å². The Morgan fingerprint density at radius 2 is 1.87 bits per heavy atom. The van der Waals surface area contributed by atoms with Crippen LogP contribution in [0.4, 0.5) is 13.2 Å². The molecule has 1 heterocycles. The van der Waals surface area contributed by atoms with Crippen LogP contribution in [0, 0.1) is 17.5 Å². The zero-order chi connectivity index (χ0) is 11.2. The number of rotatable bonds is 0.